The zero-order chi connectivity index (χ0) is 10.0. The maximum absolute atomic E-state index is 9.19. The van der Waals surface area contributed by atoms with Crippen LogP contribution in [-0.2, 0) is 6.54 Å². The monoisotopic (exact) mass is 197 g/mol. The van der Waals surface area contributed by atoms with Crippen LogP contribution in [0.5, 0.6) is 0 Å². The highest BCUT2D eigenvalue weighted by atomic mass is 16.3. The quantitative estimate of drug-likeness (QED) is 0.676. The SMILES string of the molecule is CC1(CO)CCN(Cc2nn[nH]n2)C1. The number of hydrogen-bond donors (Lipinski definition) is 2. The van der Waals surface area contributed by atoms with E-state index in [1.54, 1.807) is 0 Å². The summed E-state index contributed by atoms with van der Waals surface area (Å²) < 4.78 is 0. The van der Waals surface area contributed by atoms with E-state index >= 15 is 0 Å². The number of rotatable bonds is 3. The van der Waals surface area contributed by atoms with Gasteiger partial charge in [-0.3, -0.25) is 4.90 Å². The summed E-state index contributed by atoms with van der Waals surface area (Å²) in [5.74, 6) is 0.715. The predicted octanol–water partition coefficient (Wildman–Crippen LogP) is -0.596. The molecule has 0 aliphatic carbocycles. The first-order chi connectivity index (χ1) is 6.72. The topological polar surface area (TPSA) is 77.9 Å². The van der Waals surface area contributed by atoms with E-state index < -0.39 is 0 Å². The summed E-state index contributed by atoms with van der Waals surface area (Å²) in [6.45, 7) is 4.95. The van der Waals surface area contributed by atoms with Gasteiger partial charge in [0.15, 0.2) is 5.82 Å². The molecule has 0 saturated carbocycles. The lowest BCUT2D eigenvalue weighted by molar-refractivity contribution is 0.143. The van der Waals surface area contributed by atoms with Gasteiger partial charge in [0.2, 0.25) is 0 Å². The van der Waals surface area contributed by atoms with Gasteiger partial charge in [-0.05, 0) is 13.0 Å². The molecule has 6 nitrogen and oxygen atoms in total. The summed E-state index contributed by atoms with van der Waals surface area (Å²) in [5, 5.41) is 22.9. The van der Waals surface area contributed by atoms with Crippen molar-refractivity contribution in [3.63, 3.8) is 0 Å². The van der Waals surface area contributed by atoms with E-state index in [2.05, 4.69) is 32.4 Å². The van der Waals surface area contributed by atoms with E-state index in [-0.39, 0.29) is 12.0 Å². The van der Waals surface area contributed by atoms with Crippen molar-refractivity contribution in [1.29, 1.82) is 0 Å². The summed E-state index contributed by atoms with van der Waals surface area (Å²) in [4.78, 5) is 2.24. The summed E-state index contributed by atoms with van der Waals surface area (Å²) in [6, 6.07) is 0. The zero-order valence-electron chi connectivity index (χ0n) is 8.27. The summed E-state index contributed by atoms with van der Waals surface area (Å²) in [7, 11) is 0. The molecule has 1 aromatic rings. The summed E-state index contributed by atoms with van der Waals surface area (Å²) in [5.41, 5.74) is 0.0454. The lowest BCUT2D eigenvalue weighted by Crippen LogP contribution is -2.27. The number of nitrogens with one attached hydrogen (secondary N) is 1. The van der Waals surface area contributed by atoms with Gasteiger partial charge in [0, 0.05) is 18.6 Å². The molecule has 14 heavy (non-hydrogen) atoms. The molecule has 2 N–H and O–H groups in total. The van der Waals surface area contributed by atoms with Gasteiger partial charge in [-0.15, -0.1) is 10.2 Å². The molecule has 1 atom stereocenters. The normalized spacial score (nSPS) is 28.4. The largest absolute Gasteiger partial charge is 0.396 e. The highest BCUT2D eigenvalue weighted by molar-refractivity contribution is 4.88. The van der Waals surface area contributed by atoms with Gasteiger partial charge in [0.1, 0.15) is 0 Å². The minimum Gasteiger partial charge on any atom is -0.396 e. The fourth-order valence-corrected chi connectivity index (χ4v) is 1.84. The van der Waals surface area contributed by atoms with Gasteiger partial charge in [0.05, 0.1) is 6.54 Å². The lowest BCUT2D eigenvalue weighted by atomic mass is 9.91. The molecule has 2 heterocycles. The maximum atomic E-state index is 9.19. The molecule has 1 saturated heterocycles. The predicted molar refractivity (Wildman–Crippen MR) is 49.3 cm³/mol. The molecule has 0 amide bonds. The molecular weight excluding hydrogens is 182 g/mol. The van der Waals surface area contributed by atoms with E-state index in [0.29, 0.717) is 12.4 Å². The number of likely N-dealkylation sites (tertiary alicyclic amines) is 1. The van der Waals surface area contributed by atoms with Crippen molar-refractivity contribution in [3.8, 4) is 0 Å². The first-order valence-electron chi connectivity index (χ1n) is 4.77. The minimum absolute atomic E-state index is 0.0454. The van der Waals surface area contributed by atoms with Crippen LogP contribution in [0.3, 0.4) is 0 Å². The number of aliphatic hydroxyl groups is 1. The number of aromatic nitrogens is 4. The van der Waals surface area contributed by atoms with Crippen molar-refractivity contribution in [2.75, 3.05) is 19.7 Å². The second-order valence-corrected chi connectivity index (χ2v) is 4.26. The number of H-pyrrole nitrogens is 1. The van der Waals surface area contributed by atoms with E-state index in [1.807, 2.05) is 0 Å². The Morgan fingerprint density at radius 1 is 1.64 bits per heavy atom. The number of tetrazole rings is 1. The smallest absolute Gasteiger partial charge is 0.188 e. The van der Waals surface area contributed by atoms with Crippen LogP contribution in [0.15, 0.2) is 0 Å². The molecule has 2 rings (SSSR count). The standard InChI is InChI=1S/C8H15N5O/c1-8(6-14)2-3-13(5-8)4-7-9-11-12-10-7/h14H,2-6H2,1H3,(H,9,10,11,12). The van der Waals surface area contributed by atoms with Crippen LogP contribution in [0.25, 0.3) is 0 Å². The molecule has 78 valence electrons. The Morgan fingerprint density at radius 2 is 2.50 bits per heavy atom. The van der Waals surface area contributed by atoms with Crippen LogP contribution in [0.1, 0.15) is 19.2 Å². The van der Waals surface area contributed by atoms with Gasteiger partial charge in [-0.25, -0.2) is 0 Å². The molecule has 0 spiro atoms. The lowest BCUT2D eigenvalue weighted by Gasteiger charge is -2.20. The molecule has 0 bridgehead atoms. The molecule has 0 aromatic carbocycles. The highest BCUT2D eigenvalue weighted by Crippen LogP contribution is 2.29. The van der Waals surface area contributed by atoms with Gasteiger partial charge < -0.3 is 5.11 Å². The Morgan fingerprint density at radius 3 is 3.07 bits per heavy atom. The van der Waals surface area contributed by atoms with Crippen LogP contribution in [0, 0.1) is 5.41 Å². The number of aromatic amines is 1. The van der Waals surface area contributed by atoms with Gasteiger partial charge in [0.25, 0.3) is 0 Å². The zero-order valence-corrected chi connectivity index (χ0v) is 8.27. The van der Waals surface area contributed by atoms with Crippen LogP contribution in [0.4, 0.5) is 0 Å². The fourth-order valence-electron chi connectivity index (χ4n) is 1.84. The Balaban J connectivity index is 1.90. The number of aliphatic hydroxyl groups excluding tert-OH is 1. The van der Waals surface area contributed by atoms with Crippen molar-refractivity contribution in [2.45, 2.75) is 19.9 Å². The summed E-state index contributed by atoms with van der Waals surface area (Å²) in [6.07, 6.45) is 1.03. The molecule has 1 unspecified atom stereocenters. The first kappa shape index (κ1) is 9.54. The van der Waals surface area contributed by atoms with Crippen molar-refractivity contribution in [2.24, 2.45) is 5.41 Å². The average molecular weight is 197 g/mol. The Bertz CT molecular complexity index is 288. The van der Waals surface area contributed by atoms with Crippen molar-refractivity contribution < 1.29 is 5.11 Å². The average Bonchev–Trinajstić information content (AvgIpc) is 2.78. The van der Waals surface area contributed by atoms with E-state index in [1.165, 1.54) is 0 Å². The number of nitrogens with zero attached hydrogens (tertiary/aromatic N) is 4. The van der Waals surface area contributed by atoms with Crippen LogP contribution in [-0.4, -0.2) is 50.3 Å². The minimum atomic E-state index is 0.0454. The third-order valence-electron chi connectivity index (χ3n) is 2.77. The second kappa shape index (κ2) is 3.62. The van der Waals surface area contributed by atoms with Gasteiger partial charge >= 0.3 is 0 Å². The molecule has 1 aliphatic rings. The second-order valence-electron chi connectivity index (χ2n) is 4.26. The molecular formula is C8H15N5O. The summed E-state index contributed by atoms with van der Waals surface area (Å²) >= 11 is 0. The van der Waals surface area contributed by atoms with E-state index in [4.69, 9.17) is 0 Å². The van der Waals surface area contributed by atoms with Crippen LogP contribution in [0.2, 0.25) is 0 Å². The van der Waals surface area contributed by atoms with Crippen LogP contribution >= 0.6 is 0 Å². The van der Waals surface area contributed by atoms with Gasteiger partial charge in [-0.2, -0.15) is 5.21 Å². The molecule has 0 radical (unpaired) electrons. The molecule has 6 heteroatoms. The Hall–Kier alpha value is -1.01. The third kappa shape index (κ3) is 1.91. The van der Waals surface area contributed by atoms with Gasteiger partial charge in [-0.1, -0.05) is 12.1 Å². The molecule has 1 fully saturated rings. The van der Waals surface area contributed by atoms with E-state index in [9.17, 15) is 5.11 Å². The molecule has 1 aromatic heterocycles. The van der Waals surface area contributed by atoms with Crippen molar-refractivity contribution in [3.05, 3.63) is 5.82 Å². The first-order valence-corrected chi connectivity index (χ1v) is 4.77. The van der Waals surface area contributed by atoms with Crippen LogP contribution < -0.4 is 0 Å². The van der Waals surface area contributed by atoms with E-state index in [0.717, 1.165) is 19.5 Å². The van der Waals surface area contributed by atoms with Crippen molar-refractivity contribution in [1.82, 2.24) is 25.5 Å². The van der Waals surface area contributed by atoms with Crippen molar-refractivity contribution >= 4 is 0 Å². The third-order valence-corrected chi connectivity index (χ3v) is 2.77. The maximum Gasteiger partial charge on any atom is 0.188 e. The molecule has 1 aliphatic heterocycles. The Kier molecular flexibility index (Phi) is 2.47. The number of hydrogen-bond acceptors (Lipinski definition) is 5. The highest BCUT2D eigenvalue weighted by Gasteiger charge is 2.33. The fraction of sp³-hybridized carbons (Fsp3) is 0.875. The Labute approximate surface area is 82.3 Å².